The molecule has 158 valence electrons. The van der Waals surface area contributed by atoms with Gasteiger partial charge in [0.05, 0.1) is 6.42 Å². The molecule has 3 rings (SSSR count). The van der Waals surface area contributed by atoms with Crippen LogP contribution in [0.2, 0.25) is 0 Å². The van der Waals surface area contributed by atoms with E-state index in [1.807, 2.05) is 18.2 Å². The van der Waals surface area contributed by atoms with Crippen molar-refractivity contribution in [3.05, 3.63) is 65.2 Å². The molecule has 0 spiro atoms. The Morgan fingerprint density at radius 2 is 1.90 bits per heavy atom. The highest BCUT2D eigenvalue weighted by molar-refractivity contribution is 7.99. The van der Waals surface area contributed by atoms with Crippen molar-refractivity contribution in [3.8, 4) is 11.8 Å². The molecule has 0 aliphatic carbocycles. The first kappa shape index (κ1) is 22.5. The van der Waals surface area contributed by atoms with Crippen LogP contribution >= 0.6 is 11.8 Å². The first-order valence-electron chi connectivity index (χ1n) is 10.1. The van der Waals surface area contributed by atoms with E-state index in [0.29, 0.717) is 5.56 Å². The average Bonchev–Trinajstić information content (AvgIpc) is 2.69. The molecule has 0 N–H and O–H groups in total. The van der Waals surface area contributed by atoms with Crippen molar-refractivity contribution in [2.75, 3.05) is 5.75 Å². The van der Waals surface area contributed by atoms with E-state index in [2.05, 4.69) is 25.7 Å². The molecule has 1 nitrogen and oxygen atoms in total. The van der Waals surface area contributed by atoms with E-state index in [4.69, 9.17) is 0 Å². The molecule has 5 heteroatoms. The maximum absolute atomic E-state index is 13.1. The van der Waals surface area contributed by atoms with Gasteiger partial charge in [0.15, 0.2) is 5.78 Å². The molecule has 30 heavy (non-hydrogen) atoms. The van der Waals surface area contributed by atoms with Gasteiger partial charge in [-0.05, 0) is 47.8 Å². The molecule has 0 fully saturated rings. The average molecular weight is 431 g/mol. The molecule has 1 unspecified atom stereocenters. The molecule has 0 amide bonds. The van der Waals surface area contributed by atoms with Gasteiger partial charge < -0.3 is 0 Å². The fourth-order valence-corrected chi connectivity index (χ4v) is 5.06. The molecule has 0 saturated carbocycles. The van der Waals surface area contributed by atoms with Crippen molar-refractivity contribution >= 4 is 17.5 Å². The summed E-state index contributed by atoms with van der Waals surface area (Å²) < 4.78 is 39.2. The Balaban J connectivity index is 1.76. The standard InChI is InChI=1S/C25H25F3OS/c1-24(2)14-15-30-23-13-11-18(16-21(23)24)8-9-19(17-25(26,27)28)10-12-22(29)20-6-4-3-5-7-20/h3-7,11,13,16,19H,10,12,14-15,17H2,1-2H3. The number of rotatable bonds is 5. The van der Waals surface area contributed by atoms with E-state index in [1.54, 1.807) is 42.1 Å². The lowest BCUT2D eigenvalue weighted by atomic mass is 9.81. The predicted molar refractivity (Wildman–Crippen MR) is 116 cm³/mol. The van der Waals surface area contributed by atoms with Crippen LogP contribution in [0.15, 0.2) is 53.4 Å². The predicted octanol–water partition coefficient (Wildman–Crippen LogP) is 7.04. The van der Waals surface area contributed by atoms with Crippen LogP contribution in [0.1, 0.15) is 61.0 Å². The van der Waals surface area contributed by atoms with Crippen LogP contribution in [-0.4, -0.2) is 17.7 Å². The van der Waals surface area contributed by atoms with Crippen LogP contribution in [0.4, 0.5) is 13.2 Å². The molecular weight excluding hydrogens is 405 g/mol. The Morgan fingerprint density at radius 1 is 1.17 bits per heavy atom. The van der Waals surface area contributed by atoms with E-state index >= 15 is 0 Å². The van der Waals surface area contributed by atoms with E-state index < -0.39 is 18.5 Å². The maximum atomic E-state index is 13.1. The second kappa shape index (κ2) is 9.31. The van der Waals surface area contributed by atoms with Gasteiger partial charge in [0.2, 0.25) is 0 Å². The van der Waals surface area contributed by atoms with Gasteiger partial charge in [-0.25, -0.2) is 0 Å². The second-order valence-electron chi connectivity index (χ2n) is 8.31. The van der Waals surface area contributed by atoms with E-state index in [9.17, 15) is 18.0 Å². The molecule has 0 saturated heterocycles. The molecule has 0 aromatic heterocycles. The first-order chi connectivity index (χ1) is 14.1. The highest BCUT2D eigenvalue weighted by Crippen LogP contribution is 2.41. The fraction of sp³-hybridized carbons (Fsp3) is 0.400. The Bertz CT molecular complexity index is 952. The lowest BCUT2D eigenvalue weighted by molar-refractivity contribution is -0.140. The SMILES string of the molecule is CC1(C)CCSc2ccc(C#CC(CCC(=O)c3ccccc3)CC(F)(F)F)cc21. The Kier molecular flexibility index (Phi) is 6.98. The molecular formula is C25H25F3OS. The quantitative estimate of drug-likeness (QED) is 0.374. The topological polar surface area (TPSA) is 17.1 Å². The summed E-state index contributed by atoms with van der Waals surface area (Å²) in [6.07, 6.45) is -4.13. The smallest absolute Gasteiger partial charge is 0.294 e. The van der Waals surface area contributed by atoms with E-state index in [1.165, 1.54) is 10.5 Å². The zero-order valence-corrected chi connectivity index (χ0v) is 18.0. The number of thioether (sulfide) groups is 1. The van der Waals surface area contributed by atoms with Gasteiger partial charge in [0.1, 0.15) is 0 Å². The summed E-state index contributed by atoms with van der Waals surface area (Å²) >= 11 is 1.81. The molecule has 0 bridgehead atoms. The second-order valence-corrected chi connectivity index (χ2v) is 9.44. The molecule has 1 atom stereocenters. The van der Waals surface area contributed by atoms with Gasteiger partial charge >= 0.3 is 6.18 Å². The van der Waals surface area contributed by atoms with Crippen molar-refractivity contribution in [1.82, 2.24) is 0 Å². The highest BCUT2D eigenvalue weighted by Gasteiger charge is 2.31. The number of hydrogen-bond acceptors (Lipinski definition) is 2. The lowest BCUT2D eigenvalue weighted by Gasteiger charge is -2.32. The molecule has 1 aliphatic rings. The van der Waals surface area contributed by atoms with E-state index in [0.717, 1.165) is 17.7 Å². The number of ketones is 1. The zero-order valence-electron chi connectivity index (χ0n) is 17.2. The summed E-state index contributed by atoms with van der Waals surface area (Å²) in [7, 11) is 0. The van der Waals surface area contributed by atoms with Gasteiger partial charge in [-0.2, -0.15) is 13.2 Å². The van der Waals surface area contributed by atoms with Gasteiger partial charge in [-0.15, -0.1) is 11.8 Å². The molecule has 1 heterocycles. The van der Waals surface area contributed by atoms with Gasteiger partial charge in [0, 0.05) is 28.4 Å². The van der Waals surface area contributed by atoms with Crippen LogP contribution in [-0.2, 0) is 5.41 Å². The van der Waals surface area contributed by atoms with Crippen molar-refractivity contribution in [1.29, 1.82) is 0 Å². The van der Waals surface area contributed by atoms with Crippen LogP contribution in [0.3, 0.4) is 0 Å². The Labute approximate surface area is 180 Å². The van der Waals surface area contributed by atoms with Crippen LogP contribution in [0, 0.1) is 17.8 Å². The monoisotopic (exact) mass is 430 g/mol. The minimum atomic E-state index is -4.32. The number of alkyl halides is 3. The molecule has 0 radical (unpaired) electrons. The number of hydrogen-bond donors (Lipinski definition) is 0. The largest absolute Gasteiger partial charge is 0.390 e. The Hall–Kier alpha value is -2.19. The number of halogens is 3. The number of Topliss-reactive ketones (excluding diaryl/α,β-unsaturated/α-hetero) is 1. The van der Waals surface area contributed by atoms with Gasteiger partial charge in [-0.1, -0.05) is 56.0 Å². The molecule has 2 aromatic carbocycles. The molecule has 2 aromatic rings. The number of carbonyl (C=O) groups excluding carboxylic acids is 1. The van der Waals surface area contributed by atoms with Crippen molar-refractivity contribution in [2.45, 2.75) is 56.0 Å². The summed E-state index contributed by atoms with van der Waals surface area (Å²) in [5.74, 6) is 5.75. The summed E-state index contributed by atoms with van der Waals surface area (Å²) in [6.45, 7) is 4.37. The number of benzene rings is 2. The highest BCUT2D eigenvalue weighted by atomic mass is 32.2. The number of carbonyl (C=O) groups is 1. The minimum Gasteiger partial charge on any atom is -0.294 e. The van der Waals surface area contributed by atoms with Gasteiger partial charge in [0.25, 0.3) is 0 Å². The summed E-state index contributed by atoms with van der Waals surface area (Å²) in [5.41, 5.74) is 2.49. The summed E-state index contributed by atoms with van der Waals surface area (Å²) in [4.78, 5) is 13.5. The fourth-order valence-electron chi connectivity index (χ4n) is 3.58. The van der Waals surface area contributed by atoms with Crippen molar-refractivity contribution < 1.29 is 18.0 Å². The normalized spacial score (nSPS) is 16.2. The van der Waals surface area contributed by atoms with Crippen LogP contribution in [0.25, 0.3) is 0 Å². The zero-order chi connectivity index (χ0) is 21.8. The lowest BCUT2D eigenvalue weighted by Crippen LogP contribution is -2.22. The van der Waals surface area contributed by atoms with Gasteiger partial charge in [-0.3, -0.25) is 4.79 Å². The maximum Gasteiger partial charge on any atom is 0.390 e. The third-order valence-corrected chi connectivity index (χ3v) is 6.48. The van der Waals surface area contributed by atoms with Crippen LogP contribution < -0.4 is 0 Å². The third-order valence-electron chi connectivity index (χ3n) is 5.41. The van der Waals surface area contributed by atoms with E-state index in [-0.39, 0.29) is 24.0 Å². The summed E-state index contributed by atoms with van der Waals surface area (Å²) in [5, 5.41) is 0. The van der Waals surface area contributed by atoms with Crippen molar-refractivity contribution in [3.63, 3.8) is 0 Å². The molecule has 1 aliphatic heterocycles. The Morgan fingerprint density at radius 3 is 2.60 bits per heavy atom. The number of fused-ring (bicyclic) bond motifs is 1. The first-order valence-corrected chi connectivity index (χ1v) is 11.1. The minimum absolute atomic E-state index is 0.0335. The van der Waals surface area contributed by atoms with Crippen molar-refractivity contribution in [2.24, 2.45) is 5.92 Å². The third kappa shape index (κ3) is 6.15. The summed E-state index contributed by atoms with van der Waals surface area (Å²) in [6, 6.07) is 14.6. The van der Waals surface area contributed by atoms with Crippen LogP contribution in [0.5, 0.6) is 0 Å².